The molecule has 0 aromatic heterocycles. The van der Waals surface area contributed by atoms with Gasteiger partial charge in [-0.25, -0.2) is 4.39 Å². The van der Waals surface area contributed by atoms with Gasteiger partial charge < -0.3 is 5.32 Å². The van der Waals surface area contributed by atoms with Crippen molar-refractivity contribution in [1.29, 1.82) is 0 Å². The van der Waals surface area contributed by atoms with Gasteiger partial charge in [0.1, 0.15) is 5.82 Å². The molecule has 0 spiro atoms. The molecular weight excluding hydrogens is 213 g/mol. The Balaban J connectivity index is 2.57. The van der Waals surface area contributed by atoms with Gasteiger partial charge in [-0.3, -0.25) is 0 Å². The van der Waals surface area contributed by atoms with Crippen LogP contribution >= 0.6 is 0 Å². The molecule has 0 saturated carbocycles. The average Bonchev–Trinajstić information content (AvgIpc) is 2.35. The third-order valence-electron chi connectivity index (χ3n) is 3.14. The maximum Gasteiger partial charge on any atom is 0.123 e. The van der Waals surface area contributed by atoms with Gasteiger partial charge in [0.15, 0.2) is 0 Å². The number of hydrogen-bond donors (Lipinski definition) is 1. The van der Waals surface area contributed by atoms with Gasteiger partial charge >= 0.3 is 0 Å². The second-order valence-electron chi connectivity index (χ2n) is 4.55. The van der Waals surface area contributed by atoms with Crippen LogP contribution in [-0.2, 0) is 0 Å². The van der Waals surface area contributed by atoms with Gasteiger partial charge in [-0.15, -0.1) is 0 Å². The number of unbranched alkanes of at least 4 members (excludes halogenated alkanes) is 2. The Bertz CT molecular complexity index is 294. The third kappa shape index (κ3) is 5.31. The maximum absolute atomic E-state index is 12.9. The molecule has 96 valence electrons. The molecule has 0 aliphatic heterocycles. The minimum absolute atomic E-state index is 0.149. The number of halogens is 1. The molecule has 1 unspecified atom stereocenters. The van der Waals surface area contributed by atoms with E-state index < -0.39 is 0 Å². The molecule has 0 aliphatic carbocycles. The van der Waals surface area contributed by atoms with Crippen LogP contribution in [0.3, 0.4) is 0 Å². The van der Waals surface area contributed by atoms with Crippen molar-refractivity contribution in [3.8, 4) is 0 Å². The molecule has 1 aromatic rings. The van der Waals surface area contributed by atoms with Gasteiger partial charge in [0.05, 0.1) is 0 Å². The number of benzene rings is 1. The van der Waals surface area contributed by atoms with Gasteiger partial charge in [0.25, 0.3) is 0 Å². The van der Waals surface area contributed by atoms with E-state index in [2.05, 4.69) is 19.2 Å². The monoisotopic (exact) mass is 237 g/mol. The molecular formula is C15H24FN. The first-order valence-corrected chi connectivity index (χ1v) is 6.74. The Morgan fingerprint density at radius 3 is 2.41 bits per heavy atom. The lowest BCUT2D eigenvalue weighted by Gasteiger charge is -2.17. The molecule has 0 saturated heterocycles. The lowest BCUT2D eigenvalue weighted by Crippen LogP contribution is -2.21. The summed E-state index contributed by atoms with van der Waals surface area (Å²) in [6.07, 6.45) is 4.97. The number of likely N-dealkylation sites (N-methyl/N-ethyl adjacent to an activating group) is 1. The van der Waals surface area contributed by atoms with E-state index >= 15 is 0 Å². The summed E-state index contributed by atoms with van der Waals surface area (Å²) in [6, 6.07) is 6.97. The van der Waals surface area contributed by atoms with Gasteiger partial charge in [-0.1, -0.05) is 45.2 Å². The smallest absolute Gasteiger partial charge is 0.123 e. The van der Waals surface area contributed by atoms with Crippen molar-refractivity contribution in [3.05, 3.63) is 35.6 Å². The van der Waals surface area contributed by atoms with Crippen molar-refractivity contribution >= 4 is 0 Å². The molecule has 0 radical (unpaired) electrons. The van der Waals surface area contributed by atoms with Crippen LogP contribution in [0.25, 0.3) is 0 Å². The van der Waals surface area contributed by atoms with Crippen LogP contribution in [0.5, 0.6) is 0 Å². The SMILES string of the molecule is CCCCCC(CNCC)c1ccc(F)cc1. The molecule has 0 bridgehead atoms. The van der Waals surface area contributed by atoms with Crippen LogP contribution < -0.4 is 5.32 Å². The molecule has 2 heteroatoms. The van der Waals surface area contributed by atoms with E-state index in [4.69, 9.17) is 0 Å². The molecule has 17 heavy (non-hydrogen) atoms. The molecule has 0 amide bonds. The zero-order chi connectivity index (χ0) is 12.5. The summed E-state index contributed by atoms with van der Waals surface area (Å²) in [5, 5.41) is 3.39. The Morgan fingerprint density at radius 2 is 1.82 bits per heavy atom. The van der Waals surface area contributed by atoms with Gasteiger partial charge in [-0.05, 0) is 36.6 Å². The van der Waals surface area contributed by atoms with Crippen molar-refractivity contribution in [2.75, 3.05) is 13.1 Å². The van der Waals surface area contributed by atoms with Crippen LogP contribution in [0.15, 0.2) is 24.3 Å². The first-order chi connectivity index (χ1) is 8.27. The fourth-order valence-electron chi connectivity index (χ4n) is 2.08. The topological polar surface area (TPSA) is 12.0 Å². The van der Waals surface area contributed by atoms with E-state index in [1.54, 1.807) is 12.1 Å². The Labute approximate surface area is 104 Å². The summed E-state index contributed by atoms with van der Waals surface area (Å²) in [7, 11) is 0. The highest BCUT2D eigenvalue weighted by Gasteiger charge is 2.10. The predicted octanol–water partition coefficient (Wildman–Crippen LogP) is 4.10. The number of rotatable bonds is 8. The zero-order valence-corrected chi connectivity index (χ0v) is 11.0. The Hall–Kier alpha value is -0.890. The minimum Gasteiger partial charge on any atom is -0.316 e. The maximum atomic E-state index is 12.9. The van der Waals surface area contributed by atoms with Gasteiger partial charge in [0.2, 0.25) is 0 Å². The fraction of sp³-hybridized carbons (Fsp3) is 0.600. The van der Waals surface area contributed by atoms with Crippen molar-refractivity contribution in [2.45, 2.75) is 45.4 Å². The minimum atomic E-state index is -0.149. The van der Waals surface area contributed by atoms with E-state index in [9.17, 15) is 4.39 Å². The third-order valence-corrected chi connectivity index (χ3v) is 3.14. The summed E-state index contributed by atoms with van der Waals surface area (Å²) in [6.45, 7) is 6.32. The molecule has 0 fully saturated rings. The van der Waals surface area contributed by atoms with Crippen molar-refractivity contribution < 1.29 is 4.39 Å². The van der Waals surface area contributed by atoms with E-state index in [0.717, 1.165) is 13.1 Å². The van der Waals surface area contributed by atoms with Crippen LogP contribution in [0.4, 0.5) is 4.39 Å². The normalized spacial score (nSPS) is 12.6. The number of nitrogens with one attached hydrogen (secondary N) is 1. The highest BCUT2D eigenvalue weighted by atomic mass is 19.1. The van der Waals surface area contributed by atoms with E-state index in [1.165, 1.54) is 31.2 Å². The average molecular weight is 237 g/mol. The largest absolute Gasteiger partial charge is 0.316 e. The molecule has 1 nitrogen and oxygen atoms in total. The highest BCUT2D eigenvalue weighted by Crippen LogP contribution is 2.22. The van der Waals surface area contributed by atoms with Gasteiger partial charge in [0, 0.05) is 6.54 Å². The highest BCUT2D eigenvalue weighted by molar-refractivity contribution is 5.20. The summed E-state index contributed by atoms with van der Waals surface area (Å²) >= 11 is 0. The molecule has 1 rings (SSSR count). The summed E-state index contributed by atoms with van der Waals surface area (Å²) in [4.78, 5) is 0. The second-order valence-corrected chi connectivity index (χ2v) is 4.55. The van der Waals surface area contributed by atoms with E-state index in [0.29, 0.717) is 5.92 Å². The first-order valence-electron chi connectivity index (χ1n) is 6.74. The Kier molecular flexibility index (Phi) is 6.87. The summed E-state index contributed by atoms with van der Waals surface area (Å²) in [5.74, 6) is 0.367. The van der Waals surface area contributed by atoms with E-state index in [1.807, 2.05) is 12.1 Å². The molecule has 1 atom stereocenters. The van der Waals surface area contributed by atoms with E-state index in [-0.39, 0.29) is 5.82 Å². The Morgan fingerprint density at radius 1 is 1.12 bits per heavy atom. The van der Waals surface area contributed by atoms with Crippen molar-refractivity contribution in [3.63, 3.8) is 0 Å². The lowest BCUT2D eigenvalue weighted by molar-refractivity contribution is 0.526. The predicted molar refractivity (Wildman–Crippen MR) is 71.8 cm³/mol. The summed E-state index contributed by atoms with van der Waals surface area (Å²) in [5.41, 5.74) is 1.25. The van der Waals surface area contributed by atoms with Crippen molar-refractivity contribution in [2.24, 2.45) is 0 Å². The van der Waals surface area contributed by atoms with Crippen LogP contribution in [0.1, 0.15) is 51.0 Å². The van der Waals surface area contributed by atoms with Gasteiger partial charge in [-0.2, -0.15) is 0 Å². The zero-order valence-electron chi connectivity index (χ0n) is 11.0. The quantitative estimate of drug-likeness (QED) is 0.671. The molecule has 0 heterocycles. The standard InChI is InChI=1S/C15H24FN/c1-3-5-6-7-14(12-17-4-2)13-8-10-15(16)11-9-13/h8-11,14,17H,3-7,12H2,1-2H3. The van der Waals surface area contributed by atoms with Crippen LogP contribution in [0.2, 0.25) is 0 Å². The first kappa shape index (κ1) is 14.2. The van der Waals surface area contributed by atoms with Crippen LogP contribution in [0, 0.1) is 5.82 Å². The van der Waals surface area contributed by atoms with Crippen molar-refractivity contribution in [1.82, 2.24) is 5.32 Å². The fourth-order valence-corrected chi connectivity index (χ4v) is 2.08. The molecule has 1 N–H and O–H groups in total. The second kappa shape index (κ2) is 8.24. The lowest BCUT2D eigenvalue weighted by atomic mass is 9.93. The van der Waals surface area contributed by atoms with Crippen LogP contribution in [-0.4, -0.2) is 13.1 Å². The molecule has 1 aromatic carbocycles. The summed E-state index contributed by atoms with van der Waals surface area (Å²) < 4.78 is 12.9. The number of hydrogen-bond acceptors (Lipinski definition) is 1. The molecule has 0 aliphatic rings.